The van der Waals surface area contributed by atoms with Crippen molar-refractivity contribution in [2.24, 2.45) is 5.92 Å². The summed E-state index contributed by atoms with van der Waals surface area (Å²) in [5.41, 5.74) is 0.749. The Morgan fingerprint density at radius 1 is 1.24 bits per heavy atom. The third kappa shape index (κ3) is 4.63. The van der Waals surface area contributed by atoms with Crippen molar-refractivity contribution in [2.75, 3.05) is 7.05 Å². The van der Waals surface area contributed by atoms with Crippen molar-refractivity contribution in [3.8, 4) is 0 Å². The first-order chi connectivity index (χ1) is 12.0. The summed E-state index contributed by atoms with van der Waals surface area (Å²) < 4.78 is 5.11. The number of hydrogen-bond acceptors (Lipinski definition) is 5. The van der Waals surface area contributed by atoms with Crippen molar-refractivity contribution in [1.29, 1.82) is 0 Å². The number of carbonyl (C=O) groups is 1. The Labute approximate surface area is 153 Å². The summed E-state index contributed by atoms with van der Waals surface area (Å²) in [6, 6.07) is 8.16. The minimum atomic E-state index is 0.114. The van der Waals surface area contributed by atoms with Gasteiger partial charge in [0.25, 0.3) is 5.91 Å². The molecule has 1 aromatic carbocycles. The van der Waals surface area contributed by atoms with Gasteiger partial charge in [-0.3, -0.25) is 4.79 Å². The molecule has 3 rings (SSSR count). The van der Waals surface area contributed by atoms with Crippen LogP contribution in [-0.4, -0.2) is 34.0 Å². The lowest BCUT2D eigenvalue weighted by Gasteiger charge is -2.33. The number of aromatic nitrogens is 2. The SMILES string of the molecule is Cc1noc(CSc2ccc(C(=O)N(C)C3CCC(C)CC3)cc2)n1. The molecule has 1 heterocycles. The molecule has 134 valence electrons. The number of rotatable bonds is 5. The quantitative estimate of drug-likeness (QED) is 0.744. The Morgan fingerprint density at radius 3 is 2.52 bits per heavy atom. The van der Waals surface area contributed by atoms with Crippen LogP contribution in [0.1, 0.15) is 54.7 Å². The number of hydrogen-bond donors (Lipinski definition) is 0. The Bertz CT molecular complexity index is 706. The van der Waals surface area contributed by atoms with E-state index in [9.17, 15) is 4.79 Å². The fraction of sp³-hybridized carbons (Fsp3) is 0.526. The topological polar surface area (TPSA) is 59.2 Å². The highest BCUT2D eigenvalue weighted by molar-refractivity contribution is 7.98. The number of aryl methyl sites for hydroxylation is 1. The lowest BCUT2D eigenvalue weighted by molar-refractivity contribution is 0.0679. The first-order valence-electron chi connectivity index (χ1n) is 8.82. The maximum Gasteiger partial charge on any atom is 0.253 e. The van der Waals surface area contributed by atoms with Crippen molar-refractivity contribution < 1.29 is 9.32 Å². The summed E-state index contributed by atoms with van der Waals surface area (Å²) >= 11 is 1.62. The average molecular weight is 359 g/mol. The number of carbonyl (C=O) groups excluding carboxylic acids is 1. The van der Waals surface area contributed by atoms with Gasteiger partial charge < -0.3 is 9.42 Å². The van der Waals surface area contributed by atoms with E-state index in [1.54, 1.807) is 11.8 Å². The summed E-state index contributed by atoms with van der Waals surface area (Å²) in [6.07, 6.45) is 4.65. The fourth-order valence-electron chi connectivity index (χ4n) is 3.24. The monoisotopic (exact) mass is 359 g/mol. The zero-order valence-electron chi connectivity index (χ0n) is 15.1. The molecule has 1 fully saturated rings. The summed E-state index contributed by atoms with van der Waals surface area (Å²) in [6.45, 7) is 4.10. The molecule has 0 N–H and O–H groups in total. The second kappa shape index (κ2) is 8.04. The van der Waals surface area contributed by atoms with Crippen molar-refractivity contribution in [3.05, 3.63) is 41.5 Å². The molecule has 0 unspecified atom stereocenters. The maximum absolute atomic E-state index is 12.7. The van der Waals surface area contributed by atoms with Crippen molar-refractivity contribution in [3.63, 3.8) is 0 Å². The highest BCUT2D eigenvalue weighted by Crippen LogP contribution is 2.28. The van der Waals surface area contributed by atoms with Crippen LogP contribution in [0.4, 0.5) is 0 Å². The van der Waals surface area contributed by atoms with E-state index in [4.69, 9.17) is 4.52 Å². The molecule has 1 aliphatic rings. The van der Waals surface area contributed by atoms with E-state index < -0.39 is 0 Å². The summed E-state index contributed by atoms with van der Waals surface area (Å²) in [5, 5.41) is 3.79. The van der Waals surface area contributed by atoms with Crippen molar-refractivity contribution in [2.45, 2.75) is 56.2 Å². The van der Waals surface area contributed by atoms with Crippen LogP contribution < -0.4 is 0 Å². The molecule has 25 heavy (non-hydrogen) atoms. The normalized spacial score (nSPS) is 20.4. The average Bonchev–Trinajstić information content (AvgIpc) is 3.05. The Hall–Kier alpha value is -1.82. The summed E-state index contributed by atoms with van der Waals surface area (Å²) in [7, 11) is 1.93. The van der Waals surface area contributed by atoms with Crippen LogP contribution >= 0.6 is 11.8 Å². The van der Waals surface area contributed by atoms with Gasteiger partial charge in [-0.2, -0.15) is 4.98 Å². The van der Waals surface area contributed by atoms with E-state index >= 15 is 0 Å². The molecule has 6 heteroatoms. The lowest BCUT2D eigenvalue weighted by atomic mass is 9.86. The van der Waals surface area contributed by atoms with Gasteiger partial charge in [0.15, 0.2) is 5.82 Å². The number of thioether (sulfide) groups is 1. The van der Waals surface area contributed by atoms with Crippen LogP contribution in [-0.2, 0) is 5.75 Å². The molecular formula is C19H25N3O2S. The molecule has 0 saturated heterocycles. The molecule has 0 radical (unpaired) electrons. The predicted molar refractivity (Wildman–Crippen MR) is 98.6 cm³/mol. The second-order valence-electron chi connectivity index (χ2n) is 6.88. The minimum absolute atomic E-state index is 0.114. The largest absolute Gasteiger partial charge is 0.339 e. The number of nitrogens with zero attached hydrogens (tertiary/aromatic N) is 3. The molecule has 0 atom stereocenters. The number of amides is 1. The Kier molecular flexibility index (Phi) is 5.78. The van der Waals surface area contributed by atoms with Gasteiger partial charge in [0.1, 0.15) is 0 Å². The first-order valence-corrected chi connectivity index (χ1v) is 9.80. The van der Waals surface area contributed by atoms with Crippen molar-refractivity contribution >= 4 is 17.7 Å². The van der Waals surface area contributed by atoms with Crippen LogP contribution in [0.2, 0.25) is 0 Å². The molecule has 1 aliphatic carbocycles. The summed E-state index contributed by atoms with van der Waals surface area (Å²) in [4.78, 5) is 19.9. The van der Waals surface area contributed by atoms with Crippen LogP contribution in [0.15, 0.2) is 33.7 Å². The third-order valence-corrected chi connectivity index (χ3v) is 5.88. The highest BCUT2D eigenvalue weighted by Gasteiger charge is 2.25. The zero-order chi connectivity index (χ0) is 17.8. The van der Waals surface area contributed by atoms with E-state index in [2.05, 4.69) is 17.1 Å². The van der Waals surface area contributed by atoms with Gasteiger partial charge in [0, 0.05) is 23.5 Å². The van der Waals surface area contributed by atoms with Gasteiger partial charge >= 0.3 is 0 Å². The minimum Gasteiger partial charge on any atom is -0.339 e. The molecule has 1 saturated carbocycles. The molecule has 2 aromatic rings. The smallest absolute Gasteiger partial charge is 0.253 e. The van der Waals surface area contributed by atoms with E-state index in [1.165, 1.54) is 12.8 Å². The van der Waals surface area contributed by atoms with Crippen molar-refractivity contribution in [1.82, 2.24) is 15.0 Å². The highest BCUT2D eigenvalue weighted by atomic mass is 32.2. The van der Waals surface area contributed by atoms with Crippen LogP contribution in [0.5, 0.6) is 0 Å². The van der Waals surface area contributed by atoms with Gasteiger partial charge in [-0.15, -0.1) is 11.8 Å². The number of benzene rings is 1. The fourth-order valence-corrected chi connectivity index (χ4v) is 3.97. The first kappa shape index (κ1) is 18.0. The van der Waals surface area contributed by atoms with E-state index in [-0.39, 0.29) is 5.91 Å². The van der Waals surface area contributed by atoms with Gasteiger partial charge in [-0.05, 0) is 62.8 Å². The van der Waals surface area contributed by atoms with Gasteiger partial charge in [0.05, 0.1) is 5.75 Å². The van der Waals surface area contributed by atoms with Gasteiger partial charge in [0.2, 0.25) is 5.89 Å². The molecular weight excluding hydrogens is 334 g/mol. The molecule has 0 aliphatic heterocycles. The third-order valence-electron chi connectivity index (χ3n) is 4.89. The van der Waals surface area contributed by atoms with E-state index in [1.807, 2.05) is 43.1 Å². The maximum atomic E-state index is 12.7. The predicted octanol–water partition coefficient (Wildman–Crippen LogP) is 4.32. The Balaban J connectivity index is 1.56. The van der Waals surface area contributed by atoms with Crippen LogP contribution in [0.25, 0.3) is 0 Å². The van der Waals surface area contributed by atoms with Gasteiger partial charge in [-0.25, -0.2) is 0 Å². The molecule has 1 aromatic heterocycles. The second-order valence-corrected chi connectivity index (χ2v) is 7.93. The molecule has 5 nitrogen and oxygen atoms in total. The van der Waals surface area contributed by atoms with Crippen LogP contribution in [0.3, 0.4) is 0 Å². The molecule has 0 spiro atoms. The summed E-state index contributed by atoms with van der Waals surface area (Å²) in [5.74, 6) is 2.81. The lowest BCUT2D eigenvalue weighted by Crippen LogP contribution is -2.39. The molecule has 1 amide bonds. The van der Waals surface area contributed by atoms with E-state index in [0.29, 0.717) is 23.5 Å². The van der Waals surface area contributed by atoms with E-state index in [0.717, 1.165) is 29.2 Å². The Morgan fingerprint density at radius 2 is 1.92 bits per heavy atom. The van der Waals surface area contributed by atoms with Gasteiger partial charge in [-0.1, -0.05) is 12.1 Å². The zero-order valence-corrected chi connectivity index (χ0v) is 15.9. The van der Waals surface area contributed by atoms with Crippen LogP contribution in [0, 0.1) is 12.8 Å². The standard InChI is InChI=1S/C19H25N3O2S/c1-13-4-8-16(9-5-13)22(3)19(23)15-6-10-17(11-7-15)25-12-18-20-14(2)21-24-18/h6-7,10-11,13,16H,4-5,8-9,12H2,1-3H3. The molecule has 0 bridgehead atoms.